The summed E-state index contributed by atoms with van der Waals surface area (Å²) in [7, 11) is 0. The number of aromatic nitrogens is 1. The van der Waals surface area contributed by atoms with Gasteiger partial charge in [-0.05, 0) is 48.1 Å². The summed E-state index contributed by atoms with van der Waals surface area (Å²) < 4.78 is 1.19. The van der Waals surface area contributed by atoms with Crippen LogP contribution in [0.4, 0.5) is 5.13 Å². The van der Waals surface area contributed by atoms with Gasteiger partial charge < -0.3 is 5.32 Å². The third kappa shape index (κ3) is 3.60. The van der Waals surface area contributed by atoms with E-state index in [9.17, 15) is 4.79 Å². The van der Waals surface area contributed by atoms with E-state index in [0.717, 1.165) is 17.7 Å². The van der Waals surface area contributed by atoms with E-state index >= 15 is 0 Å². The number of nitrogens with one attached hydrogen (secondary N) is 3. The molecule has 0 bridgehead atoms. The molecule has 1 saturated heterocycles. The lowest BCUT2D eigenvalue weighted by atomic mass is 10.1. The van der Waals surface area contributed by atoms with E-state index in [-0.39, 0.29) is 11.9 Å². The SMILES string of the molecule is CC1CC(C(=O)Nc2nc(-c3ccc(I)cc3)cs2)NN1. The van der Waals surface area contributed by atoms with Crippen molar-refractivity contribution in [1.82, 2.24) is 15.8 Å². The molecule has 2 aromatic rings. The van der Waals surface area contributed by atoms with Gasteiger partial charge in [-0.2, -0.15) is 0 Å². The normalized spacial score (nSPS) is 21.4. The number of rotatable bonds is 3. The van der Waals surface area contributed by atoms with Crippen LogP contribution >= 0.6 is 33.9 Å². The van der Waals surface area contributed by atoms with Crippen molar-refractivity contribution >= 4 is 45.0 Å². The summed E-state index contributed by atoms with van der Waals surface area (Å²) >= 11 is 3.72. The number of hydrogen-bond donors (Lipinski definition) is 3. The van der Waals surface area contributed by atoms with Crippen molar-refractivity contribution in [2.75, 3.05) is 5.32 Å². The van der Waals surface area contributed by atoms with Crippen LogP contribution < -0.4 is 16.2 Å². The van der Waals surface area contributed by atoms with Crippen molar-refractivity contribution in [3.63, 3.8) is 0 Å². The van der Waals surface area contributed by atoms with Gasteiger partial charge in [-0.3, -0.25) is 10.2 Å². The Morgan fingerprint density at radius 2 is 2.14 bits per heavy atom. The summed E-state index contributed by atoms with van der Waals surface area (Å²) in [5, 5.41) is 5.46. The lowest BCUT2D eigenvalue weighted by molar-refractivity contribution is -0.117. The summed E-state index contributed by atoms with van der Waals surface area (Å²) in [4.78, 5) is 16.6. The van der Waals surface area contributed by atoms with Crippen molar-refractivity contribution in [3.8, 4) is 11.3 Å². The van der Waals surface area contributed by atoms with Gasteiger partial charge in [0, 0.05) is 20.6 Å². The summed E-state index contributed by atoms with van der Waals surface area (Å²) in [6.45, 7) is 2.04. The third-order valence-electron chi connectivity index (χ3n) is 3.28. The number of carbonyl (C=O) groups is 1. The van der Waals surface area contributed by atoms with Crippen molar-refractivity contribution in [3.05, 3.63) is 33.2 Å². The van der Waals surface area contributed by atoms with Crippen LogP contribution in [-0.2, 0) is 4.79 Å². The summed E-state index contributed by atoms with van der Waals surface area (Å²) in [5.74, 6) is -0.0460. The molecule has 2 atom stereocenters. The van der Waals surface area contributed by atoms with Crippen LogP contribution in [-0.4, -0.2) is 23.0 Å². The van der Waals surface area contributed by atoms with E-state index in [0.29, 0.717) is 11.2 Å². The maximum atomic E-state index is 12.1. The molecule has 0 spiro atoms. The van der Waals surface area contributed by atoms with Crippen LogP contribution in [0.1, 0.15) is 13.3 Å². The summed E-state index contributed by atoms with van der Waals surface area (Å²) in [6, 6.07) is 8.26. The highest BCUT2D eigenvalue weighted by atomic mass is 127. The second-order valence-corrected chi connectivity index (χ2v) is 7.12. The van der Waals surface area contributed by atoms with Gasteiger partial charge in [-0.1, -0.05) is 12.1 Å². The topological polar surface area (TPSA) is 66.0 Å². The number of nitrogens with zero attached hydrogens (tertiary/aromatic N) is 1. The van der Waals surface area contributed by atoms with Gasteiger partial charge in [-0.25, -0.2) is 10.4 Å². The highest BCUT2D eigenvalue weighted by molar-refractivity contribution is 14.1. The van der Waals surface area contributed by atoms with Gasteiger partial charge in [0.05, 0.1) is 5.69 Å². The predicted molar refractivity (Wildman–Crippen MR) is 93.0 cm³/mol. The molecule has 1 aromatic carbocycles. The predicted octanol–water partition coefficient (Wildman–Crippen LogP) is 2.61. The Kier molecular flexibility index (Phi) is 4.53. The van der Waals surface area contributed by atoms with Crippen LogP contribution in [0.25, 0.3) is 11.3 Å². The first kappa shape index (κ1) is 14.9. The lowest BCUT2D eigenvalue weighted by Crippen LogP contribution is -2.39. The van der Waals surface area contributed by atoms with Crippen molar-refractivity contribution in [1.29, 1.82) is 0 Å². The minimum absolute atomic E-state index is 0.0460. The van der Waals surface area contributed by atoms with Gasteiger partial charge in [0.25, 0.3) is 0 Å². The Bertz CT molecular complexity index is 643. The van der Waals surface area contributed by atoms with E-state index in [1.165, 1.54) is 14.9 Å². The number of benzene rings is 1. The highest BCUT2D eigenvalue weighted by Crippen LogP contribution is 2.25. The third-order valence-corrected chi connectivity index (χ3v) is 4.76. The molecule has 0 radical (unpaired) electrons. The molecule has 0 aliphatic carbocycles. The zero-order valence-corrected chi connectivity index (χ0v) is 14.4. The molecule has 110 valence electrons. The fraction of sp³-hybridized carbons (Fsp3) is 0.286. The average molecular weight is 414 g/mol. The van der Waals surface area contributed by atoms with Gasteiger partial charge >= 0.3 is 0 Å². The quantitative estimate of drug-likeness (QED) is 0.676. The van der Waals surface area contributed by atoms with E-state index in [1.54, 1.807) is 0 Å². The van der Waals surface area contributed by atoms with Crippen molar-refractivity contribution in [2.45, 2.75) is 25.4 Å². The molecule has 1 amide bonds. The van der Waals surface area contributed by atoms with Gasteiger partial charge in [0.1, 0.15) is 6.04 Å². The molecule has 7 heteroatoms. The van der Waals surface area contributed by atoms with Crippen LogP contribution in [0.5, 0.6) is 0 Å². The molecule has 2 heterocycles. The van der Waals surface area contributed by atoms with Crippen molar-refractivity contribution in [2.24, 2.45) is 0 Å². The van der Waals surface area contributed by atoms with Crippen molar-refractivity contribution < 1.29 is 4.79 Å². The second kappa shape index (κ2) is 6.39. The van der Waals surface area contributed by atoms with Gasteiger partial charge in [-0.15, -0.1) is 11.3 Å². The Hall–Kier alpha value is -1.03. The van der Waals surface area contributed by atoms with Gasteiger partial charge in [0.2, 0.25) is 5.91 Å². The molecular weight excluding hydrogens is 399 g/mol. The van der Waals surface area contributed by atoms with E-state index < -0.39 is 0 Å². The fourth-order valence-electron chi connectivity index (χ4n) is 2.16. The fourth-order valence-corrected chi connectivity index (χ4v) is 3.25. The number of thiazole rings is 1. The van der Waals surface area contributed by atoms with Crippen LogP contribution in [0.3, 0.4) is 0 Å². The minimum atomic E-state index is -0.203. The van der Waals surface area contributed by atoms with Crippen LogP contribution in [0, 0.1) is 3.57 Å². The molecule has 0 saturated carbocycles. The van der Waals surface area contributed by atoms with Gasteiger partial charge in [0.15, 0.2) is 5.13 Å². The Labute approximate surface area is 140 Å². The molecular formula is C14H15IN4OS. The number of halogens is 1. The molecule has 2 unspecified atom stereocenters. The molecule has 1 aliphatic rings. The Morgan fingerprint density at radius 3 is 2.81 bits per heavy atom. The standard InChI is InChI=1S/C14H15IN4OS/c1-8-6-11(19-18-8)13(20)17-14-16-12(7-21-14)9-2-4-10(15)5-3-9/h2-5,7-8,11,18-19H,6H2,1H3,(H,16,17,20). The Morgan fingerprint density at radius 1 is 1.38 bits per heavy atom. The van der Waals surface area contributed by atoms with E-state index in [1.807, 2.05) is 36.6 Å². The minimum Gasteiger partial charge on any atom is -0.301 e. The molecule has 1 aliphatic heterocycles. The van der Waals surface area contributed by atoms with E-state index in [4.69, 9.17) is 0 Å². The zero-order valence-electron chi connectivity index (χ0n) is 11.4. The number of anilines is 1. The summed E-state index contributed by atoms with van der Waals surface area (Å²) in [5.41, 5.74) is 7.97. The first-order valence-electron chi connectivity index (χ1n) is 6.65. The molecule has 5 nitrogen and oxygen atoms in total. The van der Waals surface area contributed by atoms with Crippen LogP contribution in [0.2, 0.25) is 0 Å². The largest absolute Gasteiger partial charge is 0.301 e. The lowest BCUT2D eigenvalue weighted by Gasteiger charge is -2.07. The first-order chi connectivity index (χ1) is 10.1. The molecule has 3 rings (SSSR count). The number of carbonyl (C=O) groups excluding carboxylic acids is 1. The monoisotopic (exact) mass is 414 g/mol. The second-order valence-electron chi connectivity index (χ2n) is 5.01. The molecule has 1 aromatic heterocycles. The molecule has 3 N–H and O–H groups in total. The molecule has 1 fully saturated rings. The maximum absolute atomic E-state index is 12.1. The average Bonchev–Trinajstić information content (AvgIpc) is 3.09. The smallest absolute Gasteiger partial charge is 0.244 e. The highest BCUT2D eigenvalue weighted by Gasteiger charge is 2.27. The Balaban J connectivity index is 1.67. The van der Waals surface area contributed by atoms with Crippen LogP contribution in [0.15, 0.2) is 29.6 Å². The zero-order chi connectivity index (χ0) is 14.8. The first-order valence-corrected chi connectivity index (χ1v) is 8.61. The number of hydrogen-bond acceptors (Lipinski definition) is 5. The molecule has 21 heavy (non-hydrogen) atoms. The number of hydrazine groups is 1. The van der Waals surface area contributed by atoms with E-state index in [2.05, 4.69) is 43.7 Å². The maximum Gasteiger partial charge on any atom is 0.244 e. The number of amides is 1. The summed E-state index contributed by atoms with van der Waals surface area (Å²) in [6.07, 6.45) is 0.779.